The average Bonchev–Trinajstić information content (AvgIpc) is 3.58. The topological polar surface area (TPSA) is 72.6 Å². The number of H-pyrrole nitrogens is 1. The van der Waals surface area contributed by atoms with Crippen molar-refractivity contribution in [2.75, 3.05) is 13.2 Å². The zero-order chi connectivity index (χ0) is 27.2. The highest BCUT2D eigenvalue weighted by molar-refractivity contribution is 6.56. The number of ether oxygens (including phenoxy) is 1. The molecule has 0 radical (unpaired) electrons. The fourth-order valence-electron chi connectivity index (χ4n) is 5.45. The number of aromatic amines is 1. The van der Waals surface area contributed by atoms with Gasteiger partial charge in [-0.1, -0.05) is 72.8 Å². The monoisotopic (exact) mass is 520 g/mol. The number of aromatic nitrogens is 1. The van der Waals surface area contributed by atoms with Crippen LogP contribution in [0.5, 0.6) is 0 Å². The Morgan fingerprint density at radius 3 is 2.23 bits per heavy atom. The molecule has 0 bridgehead atoms. The molecule has 198 valence electrons. The third-order valence-corrected chi connectivity index (χ3v) is 8.30. The third kappa shape index (κ3) is 4.66. The van der Waals surface area contributed by atoms with E-state index in [1.807, 2.05) is 82.4 Å². The molecule has 2 N–H and O–H groups in total. The molecule has 0 saturated carbocycles. The van der Waals surface area contributed by atoms with Gasteiger partial charge < -0.3 is 24.3 Å². The van der Waals surface area contributed by atoms with E-state index in [0.29, 0.717) is 0 Å². The molecule has 6 nitrogen and oxygen atoms in total. The summed E-state index contributed by atoms with van der Waals surface area (Å²) in [7, 11) is -0.603. The zero-order valence-corrected chi connectivity index (χ0v) is 22.8. The third-order valence-electron chi connectivity index (χ3n) is 8.30. The Morgan fingerprint density at radius 1 is 0.923 bits per heavy atom. The maximum absolute atomic E-state index is 13.0. The molecular formula is C32H33BN2O4. The van der Waals surface area contributed by atoms with E-state index in [-0.39, 0.29) is 19.1 Å². The van der Waals surface area contributed by atoms with E-state index in [9.17, 15) is 4.79 Å². The summed E-state index contributed by atoms with van der Waals surface area (Å²) in [5.41, 5.74) is 6.59. The number of carbonyl (C=O) groups excluding carboxylic acids is 1. The van der Waals surface area contributed by atoms with Crippen LogP contribution in [0.15, 0.2) is 84.5 Å². The van der Waals surface area contributed by atoms with E-state index in [0.717, 1.165) is 21.9 Å². The molecule has 1 aromatic heterocycles. The first-order valence-electron chi connectivity index (χ1n) is 13.4. The minimum atomic E-state index is -0.603. The van der Waals surface area contributed by atoms with Crippen LogP contribution in [0.4, 0.5) is 4.79 Å². The Balaban J connectivity index is 1.20. The van der Waals surface area contributed by atoms with Gasteiger partial charge in [-0.05, 0) is 72.4 Å². The minimum Gasteiger partial charge on any atom is -0.449 e. The standard InChI is InChI=1S/C32H33BN2O4/c1-31(2)32(3,4)39-33(38-31)23(18-22-11-9-10-21-16-17-34-29(21)22)19-35-30(36)37-20-28-26-14-7-5-12-24(26)25-13-6-8-15-27(25)28/h5-18,28,34H,19-20H2,1-4H3,(H,35,36). The van der Waals surface area contributed by atoms with Gasteiger partial charge in [-0.15, -0.1) is 0 Å². The molecular weight excluding hydrogens is 487 g/mol. The molecule has 0 spiro atoms. The first-order valence-corrected chi connectivity index (χ1v) is 13.4. The molecule has 1 saturated heterocycles. The predicted octanol–water partition coefficient (Wildman–Crippen LogP) is 6.72. The van der Waals surface area contributed by atoms with Gasteiger partial charge in [-0.2, -0.15) is 0 Å². The summed E-state index contributed by atoms with van der Waals surface area (Å²) in [6, 6.07) is 24.8. The molecule has 2 aliphatic rings. The molecule has 1 aliphatic heterocycles. The van der Waals surface area contributed by atoms with Crippen LogP contribution in [0.2, 0.25) is 0 Å². The number of amides is 1. The number of benzene rings is 3. The Hall–Kier alpha value is -3.81. The summed E-state index contributed by atoms with van der Waals surface area (Å²) < 4.78 is 18.5. The number of para-hydroxylation sites is 1. The fourth-order valence-corrected chi connectivity index (χ4v) is 5.45. The van der Waals surface area contributed by atoms with Crippen LogP contribution in [-0.2, 0) is 14.0 Å². The van der Waals surface area contributed by atoms with Crippen LogP contribution in [-0.4, -0.2) is 42.5 Å². The average molecular weight is 520 g/mol. The molecule has 7 heteroatoms. The molecule has 39 heavy (non-hydrogen) atoms. The first kappa shape index (κ1) is 25.5. The number of hydrogen-bond acceptors (Lipinski definition) is 4. The fraction of sp³-hybridized carbons (Fsp3) is 0.281. The van der Waals surface area contributed by atoms with Gasteiger partial charge in [0.15, 0.2) is 0 Å². The lowest BCUT2D eigenvalue weighted by Crippen LogP contribution is -2.41. The smallest absolute Gasteiger partial charge is 0.449 e. The summed E-state index contributed by atoms with van der Waals surface area (Å²) in [6.45, 7) is 8.58. The van der Waals surface area contributed by atoms with Crippen molar-refractivity contribution < 1.29 is 18.8 Å². The van der Waals surface area contributed by atoms with Crippen molar-refractivity contribution in [3.05, 3.63) is 101 Å². The van der Waals surface area contributed by atoms with E-state index in [4.69, 9.17) is 14.0 Å². The van der Waals surface area contributed by atoms with Crippen molar-refractivity contribution in [3.63, 3.8) is 0 Å². The predicted molar refractivity (Wildman–Crippen MR) is 155 cm³/mol. The highest BCUT2D eigenvalue weighted by atomic mass is 16.7. The highest BCUT2D eigenvalue weighted by Gasteiger charge is 2.52. The van der Waals surface area contributed by atoms with Gasteiger partial charge in [0.1, 0.15) is 6.61 Å². The molecule has 1 aliphatic carbocycles. The molecule has 6 rings (SSSR count). The van der Waals surface area contributed by atoms with E-state index in [1.165, 1.54) is 22.3 Å². The molecule has 3 aromatic carbocycles. The van der Waals surface area contributed by atoms with Crippen LogP contribution in [0.25, 0.3) is 28.1 Å². The van der Waals surface area contributed by atoms with Crippen molar-refractivity contribution in [2.24, 2.45) is 0 Å². The first-order chi connectivity index (χ1) is 18.7. The number of fused-ring (bicyclic) bond motifs is 4. The second-order valence-electron chi connectivity index (χ2n) is 11.3. The van der Waals surface area contributed by atoms with Gasteiger partial charge in [0.05, 0.1) is 16.7 Å². The second-order valence-corrected chi connectivity index (χ2v) is 11.3. The van der Waals surface area contributed by atoms with Crippen LogP contribution in [0.1, 0.15) is 50.3 Å². The number of rotatable bonds is 6. The molecule has 1 fully saturated rings. The molecule has 0 unspecified atom stereocenters. The molecule has 1 amide bonds. The summed E-state index contributed by atoms with van der Waals surface area (Å²) in [5.74, 6) is 0.00624. The second kappa shape index (κ2) is 9.74. The molecule has 0 atom stereocenters. The Labute approximate surface area is 229 Å². The van der Waals surface area contributed by atoms with Crippen molar-refractivity contribution in [1.29, 1.82) is 0 Å². The lowest BCUT2D eigenvalue weighted by molar-refractivity contribution is 0.00578. The summed E-state index contributed by atoms with van der Waals surface area (Å²) >= 11 is 0. The number of carbonyl (C=O) groups is 1. The van der Waals surface area contributed by atoms with E-state index in [1.54, 1.807) is 0 Å². The molecule has 4 aromatic rings. The summed E-state index contributed by atoms with van der Waals surface area (Å²) in [5, 5.41) is 4.06. The van der Waals surface area contributed by atoms with E-state index in [2.05, 4.69) is 40.6 Å². The van der Waals surface area contributed by atoms with Gasteiger partial charge in [0.25, 0.3) is 0 Å². The number of alkyl carbamates (subject to hydrolysis) is 1. The maximum Gasteiger partial charge on any atom is 0.492 e. The van der Waals surface area contributed by atoms with Crippen LogP contribution >= 0.6 is 0 Å². The van der Waals surface area contributed by atoms with Crippen molar-refractivity contribution in [1.82, 2.24) is 10.3 Å². The lowest BCUT2D eigenvalue weighted by atomic mass is 9.77. The van der Waals surface area contributed by atoms with Crippen LogP contribution < -0.4 is 5.32 Å². The van der Waals surface area contributed by atoms with Crippen molar-refractivity contribution in [3.8, 4) is 11.1 Å². The van der Waals surface area contributed by atoms with Gasteiger partial charge >= 0.3 is 13.2 Å². The number of nitrogens with one attached hydrogen (secondary N) is 2. The van der Waals surface area contributed by atoms with Crippen LogP contribution in [0, 0.1) is 0 Å². The zero-order valence-electron chi connectivity index (χ0n) is 22.8. The Bertz CT molecular complexity index is 1510. The van der Waals surface area contributed by atoms with Crippen molar-refractivity contribution >= 4 is 30.2 Å². The van der Waals surface area contributed by atoms with Gasteiger partial charge in [0.2, 0.25) is 0 Å². The largest absolute Gasteiger partial charge is 0.492 e. The van der Waals surface area contributed by atoms with Gasteiger partial charge in [-0.3, -0.25) is 0 Å². The van der Waals surface area contributed by atoms with Gasteiger partial charge in [-0.25, -0.2) is 4.79 Å². The quantitative estimate of drug-likeness (QED) is 0.277. The minimum absolute atomic E-state index is 0.00624. The maximum atomic E-state index is 13.0. The Morgan fingerprint density at radius 2 is 1.56 bits per heavy atom. The number of hydrogen-bond donors (Lipinski definition) is 2. The van der Waals surface area contributed by atoms with Crippen LogP contribution in [0.3, 0.4) is 0 Å². The normalized spacial score (nSPS) is 17.7. The van der Waals surface area contributed by atoms with E-state index >= 15 is 0 Å². The van der Waals surface area contributed by atoms with Gasteiger partial charge in [0, 0.05) is 18.7 Å². The lowest BCUT2D eigenvalue weighted by Gasteiger charge is -2.32. The van der Waals surface area contributed by atoms with E-state index < -0.39 is 24.4 Å². The summed E-state index contributed by atoms with van der Waals surface area (Å²) in [4.78, 5) is 16.3. The molecule has 2 heterocycles. The SMILES string of the molecule is CC1(C)OB(C(=Cc2cccc3cc[nH]c23)CNC(=O)OCC2c3ccccc3-c3ccccc32)OC1(C)C. The Kier molecular flexibility index (Phi) is 6.36. The van der Waals surface area contributed by atoms with Crippen molar-refractivity contribution in [2.45, 2.75) is 44.8 Å². The highest BCUT2D eigenvalue weighted by Crippen LogP contribution is 2.44. The summed E-state index contributed by atoms with van der Waals surface area (Å²) in [6.07, 6.45) is 3.48.